The van der Waals surface area contributed by atoms with Gasteiger partial charge in [0, 0.05) is 31.4 Å². The number of hydrogen-bond acceptors (Lipinski definition) is 3. The molecular weight excluding hydrogens is 250 g/mol. The molecule has 0 aromatic heterocycles. The standard InChI is InChI=1S/C17H27NO2/c1-17(2,3)20-10-5-9-18-16-7-4-6-14(12-16)15-8-11-19-13-15/h4,6-7,12,15,18H,5,8-11,13H2,1-3H3. The van der Waals surface area contributed by atoms with Crippen molar-refractivity contribution < 1.29 is 9.47 Å². The van der Waals surface area contributed by atoms with Crippen molar-refractivity contribution >= 4 is 5.69 Å². The summed E-state index contributed by atoms with van der Waals surface area (Å²) >= 11 is 0. The molecule has 1 N–H and O–H groups in total. The van der Waals surface area contributed by atoms with E-state index in [2.05, 4.69) is 50.4 Å². The van der Waals surface area contributed by atoms with Crippen LogP contribution >= 0.6 is 0 Å². The van der Waals surface area contributed by atoms with Crippen LogP contribution in [0.2, 0.25) is 0 Å². The van der Waals surface area contributed by atoms with E-state index in [4.69, 9.17) is 9.47 Å². The van der Waals surface area contributed by atoms with E-state index in [-0.39, 0.29) is 5.60 Å². The highest BCUT2D eigenvalue weighted by molar-refractivity contribution is 5.46. The van der Waals surface area contributed by atoms with Crippen molar-refractivity contribution in [2.45, 2.75) is 45.1 Å². The summed E-state index contributed by atoms with van der Waals surface area (Å²) in [5.41, 5.74) is 2.55. The van der Waals surface area contributed by atoms with Crippen molar-refractivity contribution in [1.82, 2.24) is 0 Å². The molecule has 2 rings (SSSR count). The lowest BCUT2D eigenvalue weighted by Gasteiger charge is -2.19. The lowest BCUT2D eigenvalue weighted by atomic mass is 9.98. The average Bonchev–Trinajstić information content (AvgIpc) is 2.91. The lowest BCUT2D eigenvalue weighted by molar-refractivity contribution is -0.00279. The minimum Gasteiger partial charge on any atom is -0.385 e. The van der Waals surface area contributed by atoms with Crippen molar-refractivity contribution in [2.24, 2.45) is 0 Å². The smallest absolute Gasteiger partial charge is 0.0598 e. The molecule has 20 heavy (non-hydrogen) atoms. The van der Waals surface area contributed by atoms with Crippen molar-refractivity contribution in [3.8, 4) is 0 Å². The molecule has 0 saturated carbocycles. The second-order valence-electron chi connectivity index (χ2n) is 6.43. The molecule has 1 unspecified atom stereocenters. The van der Waals surface area contributed by atoms with Gasteiger partial charge in [0.2, 0.25) is 0 Å². The summed E-state index contributed by atoms with van der Waals surface area (Å²) in [6.07, 6.45) is 2.16. The van der Waals surface area contributed by atoms with Crippen molar-refractivity contribution in [1.29, 1.82) is 0 Å². The molecule has 0 aliphatic carbocycles. The Labute approximate surface area is 122 Å². The van der Waals surface area contributed by atoms with Gasteiger partial charge in [-0.2, -0.15) is 0 Å². The minimum absolute atomic E-state index is 0.0393. The van der Waals surface area contributed by atoms with Crippen LogP contribution in [0.25, 0.3) is 0 Å². The third-order valence-corrected chi connectivity index (χ3v) is 3.47. The van der Waals surface area contributed by atoms with Crippen LogP contribution in [0.5, 0.6) is 0 Å². The van der Waals surface area contributed by atoms with Crippen LogP contribution in [0.15, 0.2) is 24.3 Å². The first-order valence-electron chi connectivity index (χ1n) is 7.60. The van der Waals surface area contributed by atoms with Crippen LogP contribution in [-0.2, 0) is 9.47 Å². The highest BCUT2D eigenvalue weighted by atomic mass is 16.5. The first-order valence-corrected chi connectivity index (χ1v) is 7.60. The lowest BCUT2D eigenvalue weighted by Crippen LogP contribution is -2.20. The highest BCUT2D eigenvalue weighted by Crippen LogP contribution is 2.26. The van der Waals surface area contributed by atoms with Crippen LogP contribution in [0.3, 0.4) is 0 Å². The molecule has 3 nitrogen and oxygen atoms in total. The van der Waals surface area contributed by atoms with E-state index in [1.54, 1.807) is 0 Å². The van der Waals surface area contributed by atoms with Gasteiger partial charge in [0.1, 0.15) is 0 Å². The van der Waals surface area contributed by atoms with Crippen molar-refractivity contribution in [3.63, 3.8) is 0 Å². The van der Waals surface area contributed by atoms with Crippen LogP contribution in [0.4, 0.5) is 5.69 Å². The molecule has 1 heterocycles. The molecule has 3 heteroatoms. The zero-order valence-electron chi connectivity index (χ0n) is 12.9. The van der Waals surface area contributed by atoms with Crippen LogP contribution < -0.4 is 5.32 Å². The molecular formula is C17H27NO2. The second-order valence-corrected chi connectivity index (χ2v) is 6.43. The van der Waals surface area contributed by atoms with E-state index in [1.807, 2.05) is 0 Å². The van der Waals surface area contributed by atoms with Gasteiger partial charge in [-0.15, -0.1) is 0 Å². The fourth-order valence-electron chi connectivity index (χ4n) is 2.38. The van der Waals surface area contributed by atoms with Crippen LogP contribution in [0.1, 0.15) is 45.1 Å². The molecule has 1 aromatic rings. The summed E-state index contributed by atoms with van der Waals surface area (Å²) in [7, 11) is 0. The quantitative estimate of drug-likeness (QED) is 0.802. The number of benzene rings is 1. The normalized spacial score (nSPS) is 19.2. The molecule has 1 atom stereocenters. The van der Waals surface area contributed by atoms with Crippen molar-refractivity contribution in [2.75, 3.05) is 31.7 Å². The average molecular weight is 277 g/mol. The molecule has 0 radical (unpaired) electrons. The predicted octanol–water partition coefficient (Wildman–Crippen LogP) is 3.81. The number of ether oxygens (including phenoxy) is 2. The predicted molar refractivity (Wildman–Crippen MR) is 83.4 cm³/mol. The molecule has 0 spiro atoms. The summed E-state index contributed by atoms with van der Waals surface area (Å²) < 4.78 is 11.2. The Morgan fingerprint density at radius 1 is 1.35 bits per heavy atom. The van der Waals surface area contributed by atoms with Gasteiger partial charge in [0.05, 0.1) is 12.2 Å². The van der Waals surface area contributed by atoms with Gasteiger partial charge in [0.15, 0.2) is 0 Å². The van der Waals surface area contributed by atoms with E-state index >= 15 is 0 Å². The Morgan fingerprint density at radius 3 is 2.90 bits per heavy atom. The van der Waals surface area contributed by atoms with E-state index < -0.39 is 0 Å². The highest BCUT2D eigenvalue weighted by Gasteiger charge is 2.17. The van der Waals surface area contributed by atoms with E-state index in [0.717, 1.165) is 39.2 Å². The summed E-state index contributed by atoms with van der Waals surface area (Å²) in [6.45, 7) is 9.78. The summed E-state index contributed by atoms with van der Waals surface area (Å²) in [6, 6.07) is 8.71. The number of anilines is 1. The molecule has 1 aromatic carbocycles. The molecule has 0 bridgehead atoms. The SMILES string of the molecule is CC(C)(C)OCCCNc1cccc(C2CCOC2)c1. The first kappa shape index (κ1) is 15.3. The minimum atomic E-state index is -0.0393. The molecule has 1 fully saturated rings. The molecule has 112 valence electrons. The maximum absolute atomic E-state index is 5.72. The summed E-state index contributed by atoms with van der Waals surface area (Å²) in [4.78, 5) is 0. The topological polar surface area (TPSA) is 30.5 Å². The van der Waals surface area contributed by atoms with Crippen LogP contribution in [-0.4, -0.2) is 32.0 Å². The Hall–Kier alpha value is -1.06. The van der Waals surface area contributed by atoms with Gasteiger partial charge in [-0.05, 0) is 51.3 Å². The third kappa shape index (κ3) is 5.14. The van der Waals surface area contributed by atoms with Gasteiger partial charge in [-0.3, -0.25) is 0 Å². The third-order valence-electron chi connectivity index (χ3n) is 3.47. The van der Waals surface area contributed by atoms with Gasteiger partial charge in [-0.25, -0.2) is 0 Å². The Balaban J connectivity index is 1.74. The van der Waals surface area contributed by atoms with Gasteiger partial charge >= 0.3 is 0 Å². The van der Waals surface area contributed by atoms with Gasteiger partial charge in [0.25, 0.3) is 0 Å². The molecule has 1 aliphatic heterocycles. The largest absolute Gasteiger partial charge is 0.385 e. The van der Waals surface area contributed by atoms with Crippen LogP contribution in [0, 0.1) is 0 Å². The van der Waals surface area contributed by atoms with Gasteiger partial charge < -0.3 is 14.8 Å². The maximum atomic E-state index is 5.72. The zero-order valence-corrected chi connectivity index (χ0v) is 12.9. The molecule has 0 amide bonds. The zero-order chi connectivity index (χ0) is 14.4. The number of rotatable bonds is 6. The Bertz CT molecular complexity index is 406. The fraction of sp³-hybridized carbons (Fsp3) is 0.647. The summed E-state index contributed by atoms with van der Waals surface area (Å²) in [5, 5.41) is 3.47. The van der Waals surface area contributed by atoms with E-state index in [1.165, 1.54) is 11.3 Å². The Kier molecular flexibility index (Phi) is 5.44. The monoisotopic (exact) mass is 277 g/mol. The Morgan fingerprint density at radius 2 is 2.20 bits per heavy atom. The maximum Gasteiger partial charge on any atom is 0.0598 e. The molecule has 1 saturated heterocycles. The summed E-state index contributed by atoms with van der Waals surface area (Å²) in [5.74, 6) is 0.570. The van der Waals surface area contributed by atoms with Crippen molar-refractivity contribution in [3.05, 3.63) is 29.8 Å². The number of hydrogen-bond donors (Lipinski definition) is 1. The first-order chi connectivity index (χ1) is 9.54. The fourth-order valence-corrected chi connectivity index (χ4v) is 2.38. The van der Waals surface area contributed by atoms with Gasteiger partial charge in [-0.1, -0.05) is 12.1 Å². The van der Waals surface area contributed by atoms with E-state index in [0.29, 0.717) is 5.92 Å². The van der Waals surface area contributed by atoms with E-state index in [9.17, 15) is 0 Å². The molecule has 1 aliphatic rings. The number of nitrogens with one attached hydrogen (secondary N) is 1. The second kappa shape index (κ2) is 7.09.